The first-order chi connectivity index (χ1) is 15.3. The van der Waals surface area contributed by atoms with Crippen LogP contribution in [0.5, 0.6) is 11.5 Å². The molecule has 1 aliphatic heterocycles. The first kappa shape index (κ1) is 21.9. The highest BCUT2D eigenvalue weighted by Gasteiger charge is 2.43. The van der Waals surface area contributed by atoms with E-state index in [-0.39, 0.29) is 42.4 Å². The molecule has 1 aliphatic carbocycles. The normalized spacial score (nSPS) is 18.7. The number of benzene rings is 2. The van der Waals surface area contributed by atoms with Gasteiger partial charge >= 0.3 is 0 Å². The minimum Gasteiger partial charge on any atom is -0.497 e. The van der Waals surface area contributed by atoms with Crippen LogP contribution in [0.4, 0.5) is 23.2 Å². The van der Waals surface area contributed by atoms with Crippen LogP contribution in [-0.4, -0.2) is 25.9 Å². The van der Waals surface area contributed by atoms with Crippen LogP contribution < -0.4 is 14.4 Å². The van der Waals surface area contributed by atoms with Crippen LogP contribution in [0.1, 0.15) is 37.2 Å². The average molecular weight is 449 g/mol. The number of halogens is 4. The topological polar surface area (TPSA) is 55.8 Å². The standard InChI is InChI=1S/C23H19F4NO4/c1-31-11-6-7-18(32-2)12(8-11)13-9-19(30)28(16-4-3-5-17(29)20(13)16)23-21(26)14(24)10-15(25)22(23)27/h6-8,10,13H,3-5,9H2,1-2H3. The van der Waals surface area contributed by atoms with Crippen molar-refractivity contribution < 1.29 is 36.6 Å². The van der Waals surface area contributed by atoms with Gasteiger partial charge in [0.15, 0.2) is 29.1 Å². The predicted octanol–water partition coefficient (Wildman–Crippen LogP) is 4.79. The fraction of sp³-hybridized carbons (Fsp3) is 0.304. The SMILES string of the molecule is COc1ccc(OC)c(C2CC(=O)N(c3c(F)c(F)cc(F)c3F)C3=C2C(=O)CCC3)c1. The van der Waals surface area contributed by atoms with Crippen LogP contribution in [0.25, 0.3) is 0 Å². The zero-order valence-electron chi connectivity index (χ0n) is 17.3. The monoisotopic (exact) mass is 449 g/mol. The Kier molecular flexibility index (Phi) is 5.66. The Balaban J connectivity index is 1.96. The van der Waals surface area contributed by atoms with Crippen molar-refractivity contribution in [3.63, 3.8) is 0 Å². The van der Waals surface area contributed by atoms with Crippen molar-refractivity contribution in [2.45, 2.75) is 31.6 Å². The van der Waals surface area contributed by atoms with Gasteiger partial charge in [0.25, 0.3) is 0 Å². The van der Waals surface area contributed by atoms with E-state index >= 15 is 0 Å². The van der Waals surface area contributed by atoms with Crippen molar-refractivity contribution >= 4 is 17.4 Å². The number of ketones is 1. The second-order valence-electron chi connectivity index (χ2n) is 7.55. The van der Waals surface area contributed by atoms with Gasteiger partial charge in [0, 0.05) is 41.7 Å². The minimum absolute atomic E-state index is 0.0372. The molecule has 168 valence electrons. The first-order valence-corrected chi connectivity index (χ1v) is 9.92. The Morgan fingerprint density at radius 3 is 2.25 bits per heavy atom. The minimum atomic E-state index is -1.69. The third-order valence-corrected chi connectivity index (χ3v) is 5.80. The molecular weight excluding hydrogens is 430 g/mol. The summed E-state index contributed by atoms with van der Waals surface area (Å²) in [6.45, 7) is 0. The second kappa shape index (κ2) is 8.29. The Hall–Kier alpha value is -3.36. The number of allylic oxidation sites excluding steroid dienone is 2. The molecule has 1 amide bonds. The fourth-order valence-electron chi connectivity index (χ4n) is 4.39. The number of rotatable bonds is 4. The van der Waals surface area contributed by atoms with E-state index in [9.17, 15) is 27.2 Å². The first-order valence-electron chi connectivity index (χ1n) is 9.92. The molecule has 0 saturated carbocycles. The fourth-order valence-corrected chi connectivity index (χ4v) is 4.39. The van der Waals surface area contributed by atoms with Gasteiger partial charge in [0.1, 0.15) is 17.2 Å². The maximum atomic E-state index is 14.6. The number of Topliss-reactive ketones (excluding diaryl/α,β-unsaturated/α-hetero) is 1. The molecule has 1 atom stereocenters. The van der Waals surface area contributed by atoms with Gasteiger partial charge in [0.05, 0.1) is 14.2 Å². The number of hydrogen-bond acceptors (Lipinski definition) is 4. The summed E-state index contributed by atoms with van der Waals surface area (Å²) in [6, 6.07) is 4.98. The number of amides is 1. The van der Waals surface area contributed by atoms with E-state index in [0.29, 0.717) is 28.4 Å². The Morgan fingerprint density at radius 2 is 1.62 bits per heavy atom. The van der Waals surface area contributed by atoms with Gasteiger partial charge < -0.3 is 9.47 Å². The van der Waals surface area contributed by atoms with Crippen molar-refractivity contribution in [2.24, 2.45) is 0 Å². The molecule has 0 spiro atoms. The zero-order chi connectivity index (χ0) is 23.2. The smallest absolute Gasteiger partial charge is 0.232 e. The van der Waals surface area contributed by atoms with Crippen LogP contribution in [0.15, 0.2) is 35.5 Å². The number of hydrogen-bond donors (Lipinski definition) is 0. The second-order valence-corrected chi connectivity index (χ2v) is 7.55. The summed E-state index contributed by atoms with van der Waals surface area (Å²) in [4.78, 5) is 26.7. The largest absolute Gasteiger partial charge is 0.497 e. The summed E-state index contributed by atoms with van der Waals surface area (Å²) in [5.74, 6) is -7.66. The van der Waals surface area contributed by atoms with Gasteiger partial charge in [-0.3, -0.25) is 14.5 Å². The molecule has 0 saturated heterocycles. The lowest BCUT2D eigenvalue weighted by Gasteiger charge is -2.38. The van der Waals surface area contributed by atoms with Gasteiger partial charge in [-0.2, -0.15) is 0 Å². The molecule has 0 aromatic heterocycles. The van der Waals surface area contributed by atoms with Gasteiger partial charge in [-0.1, -0.05) is 0 Å². The van der Waals surface area contributed by atoms with Gasteiger partial charge in [-0.15, -0.1) is 0 Å². The van der Waals surface area contributed by atoms with Crippen LogP contribution in [0, 0.1) is 23.3 Å². The van der Waals surface area contributed by atoms with Gasteiger partial charge in [-0.25, -0.2) is 17.6 Å². The number of nitrogens with zero attached hydrogens (tertiary/aromatic N) is 1. The van der Waals surface area contributed by atoms with Crippen molar-refractivity contribution in [3.8, 4) is 11.5 Å². The van der Waals surface area contributed by atoms with Crippen LogP contribution in [-0.2, 0) is 9.59 Å². The summed E-state index contributed by atoms with van der Waals surface area (Å²) in [5, 5.41) is 0. The molecule has 0 radical (unpaired) electrons. The summed E-state index contributed by atoms with van der Waals surface area (Å²) in [6.07, 6.45) is 0.272. The summed E-state index contributed by atoms with van der Waals surface area (Å²) >= 11 is 0. The van der Waals surface area contributed by atoms with E-state index in [4.69, 9.17) is 9.47 Å². The maximum Gasteiger partial charge on any atom is 0.232 e. The Bertz CT molecular complexity index is 1130. The molecule has 0 fully saturated rings. The van der Waals surface area contributed by atoms with E-state index in [2.05, 4.69) is 0 Å². The van der Waals surface area contributed by atoms with E-state index in [0.717, 1.165) is 0 Å². The lowest BCUT2D eigenvalue weighted by Crippen LogP contribution is -2.41. The summed E-state index contributed by atoms with van der Waals surface area (Å²) in [7, 11) is 2.89. The molecular formula is C23H19F4NO4. The summed E-state index contributed by atoms with van der Waals surface area (Å²) < 4.78 is 67.6. The van der Waals surface area contributed by atoms with Crippen LogP contribution in [0.3, 0.4) is 0 Å². The number of methoxy groups -OCH3 is 2. The zero-order valence-corrected chi connectivity index (χ0v) is 17.3. The maximum absolute atomic E-state index is 14.6. The molecule has 1 heterocycles. The third-order valence-electron chi connectivity index (χ3n) is 5.80. The molecule has 5 nitrogen and oxygen atoms in total. The number of carbonyl (C=O) groups excluding carboxylic acids is 2. The Labute approximate surface area is 181 Å². The van der Waals surface area contributed by atoms with Gasteiger partial charge in [0.2, 0.25) is 5.91 Å². The van der Waals surface area contributed by atoms with E-state index < -0.39 is 40.8 Å². The van der Waals surface area contributed by atoms with E-state index in [1.807, 2.05) is 0 Å². The lowest BCUT2D eigenvalue weighted by atomic mass is 9.76. The van der Waals surface area contributed by atoms with E-state index in [1.165, 1.54) is 14.2 Å². The third kappa shape index (κ3) is 3.41. The molecule has 0 N–H and O–H groups in total. The molecule has 4 rings (SSSR count). The van der Waals surface area contributed by atoms with Crippen molar-refractivity contribution in [2.75, 3.05) is 19.1 Å². The molecule has 2 aromatic carbocycles. The van der Waals surface area contributed by atoms with Crippen molar-refractivity contribution in [3.05, 3.63) is 64.4 Å². The number of anilines is 1. The van der Waals surface area contributed by atoms with Crippen LogP contribution >= 0.6 is 0 Å². The Morgan fingerprint density at radius 1 is 0.938 bits per heavy atom. The van der Waals surface area contributed by atoms with Crippen molar-refractivity contribution in [1.82, 2.24) is 0 Å². The molecule has 2 aliphatic rings. The van der Waals surface area contributed by atoms with Gasteiger partial charge in [-0.05, 0) is 31.0 Å². The number of ether oxygens (including phenoxy) is 2. The highest BCUT2D eigenvalue weighted by atomic mass is 19.2. The predicted molar refractivity (Wildman–Crippen MR) is 107 cm³/mol. The molecule has 0 bridgehead atoms. The average Bonchev–Trinajstić information content (AvgIpc) is 2.78. The molecule has 1 unspecified atom stereocenters. The number of carbonyl (C=O) groups is 2. The quantitative estimate of drug-likeness (QED) is 0.498. The highest BCUT2D eigenvalue weighted by Crippen LogP contribution is 2.47. The molecule has 32 heavy (non-hydrogen) atoms. The molecule has 9 heteroatoms. The molecule has 2 aromatic rings. The lowest BCUT2D eigenvalue weighted by molar-refractivity contribution is -0.120. The van der Waals surface area contributed by atoms with E-state index in [1.54, 1.807) is 18.2 Å². The summed E-state index contributed by atoms with van der Waals surface area (Å²) in [5.41, 5.74) is -0.444. The van der Waals surface area contributed by atoms with Crippen molar-refractivity contribution in [1.29, 1.82) is 0 Å². The van der Waals surface area contributed by atoms with Crippen LogP contribution in [0.2, 0.25) is 0 Å². The highest BCUT2D eigenvalue weighted by molar-refractivity contribution is 6.07.